The minimum atomic E-state index is 0.238. The number of benzene rings is 1. The van der Waals surface area contributed by atoms with Crippen molar-refractivity contribution in [3.05, 3.63) is 24.1 Å². The zero-order chi connectivity index (χ0) is 11.5. The number of nitrogens with two attached hydrogens (primary N) is 1. The van der Waals surface area contributed by atoms with Crippen LogP contribution in [-0.4, -0.2) is 18.6 Å². The third kappa shape index (κ3) is 1.88. The number of para-hydroxylation sites is 1. The standard InChI is InChI=1S/C12H16N2O2/c1-8(6-7-13)12-14-11-9(15-2)4-3-5-10(11)16-12/h3-5,8H,6-7,13H2,1-2H3. The molecule has 2 rings (SSSR count). The molecule has 1 atom stereocenters. The first kappa shape index (κ1) is 11.0. The molecule has 0 bridgehead atoms. The Balaban J connectivity index is 2.43. The van der Waals surface area contributed by atoms with Gasteiger partial charge < -0.3 is 14.9 Å². The number of ether oxygens (including phenoxy) is 1. The summed E-state index contributed by atoms with van der Waals surface area (Å²) in [5.74, 6) is 1.71. The molecule has 1 unspecified atom stereocenters. The summed E-state index contributed by atoms with van der Waals surface area (Å²) in [6, 6.07) is 5.66. The van der Waals surface area contributed by atoms with E-state index in [4.69, 9.17) is 14.9 Å². The molecule has 1 heterocycles. The third-order valence-corrected chi connectivity index (χ3v) is 2.64. The van der Waals surface area contributed by atoms with Crippen molar-refractivity contribution in [2.75, 3.05) is 13.7 Å². The Hall–Kier alpha value is -1.55. The van der Waals surface area contributed by atoms with Crippen LogP contribution in [0.5, 0.6) is 5.75 Å². The lowest BCUT2D eigenvalue weighted by molar-refractivity contribution is 0.419. The first-order valence-corrected chi connectivity index (χ1v) is 5.39. The molecule has 0 aliphatic heterocycles. The van der Waals surface area contributed by atoms with Gasteiger partial charge in [-0.15, -0.1) is 0 Å². The van der Waals surface area contributed by atoms with Crippen molar-refractivity contribution in [1.29, 1.82) is 0 Å². The Kier molecular flexibility index (Phi) is 3.10. The van der Waals surface area contributed by atoms with Crippen LogP contribution in [0.3, 0.4) is 0 Å². The minimum absolute atomic E-state index is 0.238. The molecular weight excluding hydrogens is 204 g/mol. The lowest BCUT2D eigenvalue weighted by atomic mass is 10.1. The van der Waals surface area contributed by atoms with Crippen LogP contribution in [0.15, 0.2) is 22.6 Å². The van der Waals surface area contributed by atoms with E-state index in [-0.39, 0.29) is 5.92 Å². The third-order valence-electron chi connectivity index (χ3n) is 2.64. The Labute approximate surface area is 94.4 Å². The molecule has 4 nitrogen and oxygen atoms in total. The lowest BCUT2D eigenvalue weighted by Crippen LogP contribution is -2.04. The van der Waals surface area contributed by atoms with Gasteiger partial charge in [-0.05, 0) is 25.1 Å². The van der Waals surface area contributed by atoms with Crippen LogP contribution < -0.4 is 10.5 Å². The maximum absolute atomic E-state index is 5.68. The Morgan fingerprint density at radius 3 is 3.00 bits per heavy atom. The van der Waals surface area contributed by atoms with E-state index in [1.165, 1.54) is 0 Å². The summed E-state index contributed by atoms with van der Waals surface area (Å²) < 4.78 is 10.9. The van der Waals surface area contributed by atoms with Gasteiger partial charge in [0.25, 0.3) is 0 Å². The second-order valence-electron chi connectivity index (χ2n) is 3.84. The van der Waals surface area contributed by atoms with Gasteiger partial charge in [0.2, 0.25) is 0 Å². The maximum atomic E-state index is 5.68. The Morgan fingerprint density at radius 2 is 2.31 bits per heavy atom. The highest BCUT2D eigenvalue weighted by Gasteiger charge is 2.14. The van der Waals surface area contributed by atoms with E-state index in [9.17, 15) is 0 Å². The van der Waals surface area contributed by atoms with Crippen LogP contribution in [0.25, 0.3) is 11.1 Å². The number of methoxy groups -OCH3 is 1. The SMILES string of the molecule is COc1cccc2oc(C(C)CCN)nc12. The summed E-state index contributed by atoms with van der Waals surface area (Å²) >= 11 is 0. The van der Waals surface area contributed by atoms with Crippen LogP contribution in [0.1, 0.15) is 25.2 Å². The van der Waals surface area contributed by atoms with Gasteiger partial charge in [0.1, 0.15) is 5.75 Å². The molecule has 2 N–H and O–H groups in total. The smallest absolute Gasteiger partial charge is 0.198 e. The molecule has 16 heavy (non-hydrogen) atoms. The largest absolute Gasteiger partial charge is 0.494 e. The van der Waals surface area contributed by atoms with Crippen molar-refractivity contribution < 1.29 is 9.15 Å². The number of hydrogen-bond acceptors (Lipinski definition) is 4. The van der Waals surface area contributed by atoms with Crippen molar-refractivity contribution in [2.45, 2.75) is 19.3 Å². The normalized spacial score (nSPS) is 12.9. The second-order valence-corrected chi connectivity index (χ2v) is 3.84. The van der Waals surface area contributed by atoms with E-state index < -0.39 is 0 Å². The predicted octanol–water partition coefficient (Wildman–Crippen LogP) is 2.29. The molecule has 4 heteroatoms. The van der Waals surface area contributed by atoms with E-state index >= 15 is 0 Å². The summed E-state index contributed by atoms with van der Waals surface area (Å²) in [6.07, 6.45) is 0.870. The molecule has 86 valence electrons. The fourth-order valence-electron chi connectivity index (χ4n) is 1.69. The Bertz CT molecular complexity index is 479. The van der Waals surface area contributed by atoms with Crippen LogP contribution in [0, 0.1) is 0 Å². The number of aromatic nitrogens is 1. The zero-order valence-electron chi connectivity index (χ0n) is 9.56. The van der Waals surface area contributed by atoms with Gasteiger partial charge >= 0.3 is 0 Å². The van der Waals surface area contributed by atoms with Crippen LogP contribution in [-0.2, 0) is 0 Å². The van der Waals surface area contributed by atoms with Gasteiger partial charge in [-0.3, -0.25) is 0 Å². The summed E-state index contributed by atoms with van der Waals surface area (Å²) in [7, 11) is 1.63. The first-order valence-electron chi connectivity index (χ1n) is 5.39. The fraction of sp³-hybridized carbons (Fsp3) is 0.417. The van der Waals surface area contributed by atoms with E-state index in [0.29, 0.717) is 6.54 Å². The van der Waals surface area contributed by atoms with Crippen LogP contribution in [0.4, 0.5) is 0 Å². The van der Waals surface area contributed by atoms with Gasteiger partial charge in [0.05, 0.1) is 7.11 Å². The molecule has 0 spiro atoms. The van der Waals surface area contributed by atoms with E-state index in [1.807, 2.05) is 18.2 Å². The van der Waals surface area contributed by atoms with Crippen molar-refractivity contribution in [1.82, 2.24) is 4.98 Å². The molecule has 0 amide bonds. The van der Waals surface area contributed by atoms with Gasteiger partial charge in [-0.25, -0.2) is 4.98 Å². The monoisotopic (exact) mass is 220 g/mol. The average molecular weight is 220 g/mol. The second kappa shape index (κ2) is 4.53. The quantitative estimate of drug-likeness (QED) is 0.858. The van der Waals surface area contributed by atoms with Crippen molar-refractivity contribution in [2.24, 2.45) is 5.73 Å². The fourth-order valence-corrected chi connectivity index (χ4v) is 1.69. The van der Waals surface area contributed by atoms with Gasteiger partial charge in [0, 0.05) is 5.92 Å². The highest BCUT2D eigenvalue weighted by Crippen LogP contribution is 2.28. The topological polar surface area (TPSA) is 61.3 Å². The van der Waals surface area contributed by atoms with E-state index in [2.05, 4.69) is 11.9 Å². The van der Waals surface area contributed by atoms with Crippen LogP contribution >= 0.6 is 0 Å². The summed E-state index contributed by atoms with van der Waals surface area (Å²) in [5.41, 5.74) is 7.07. The highest BCUT2D eigenvalue weighted by molar-refractivity contribution is 5.79. The average Bonchev–Trinajstić information content (AvgIpc) is 2.72. The van der Waals surface area contributed by atoms with Crippen LogP contribution in [0.2, 0.25) is 0 Å². The van der Waals surface area contributed by atoms with Crippen molar-refractivity contribution >= 4 is 11.1 Å². The molecule has 0 aliphatic carbocycles. The van der Waals surface area contributed by atoms with E-state index in [0.717, 1.165) is 29.2 Å². The van der Waals surface area contributed by atoms with Gasteiger partial charge in [0.15, 0.2) is 17.0 Å². The predicted molar refractivity (Wildman–Crippen MR) is 62.6 cm³/mol. The maximum Gasteiger partial charge on any atom is 0.198 e. The molecule has 0 aliphatic rings. The molecule has 1 aromatic heterocycles. The highest BCUT2D eigenvalue weighted by atomic mass is 16.5. The first-order chi connectivity index (χ1) is 7.76. The molecule has 2 aromatic rings. The molecule has 0 fully saturated rings. The number of rotatable bonds is 4. The summed E-state index contributed by atoms with van der Waals surface area (Å²) in [6.45, 7) is 2.70. The van der Waals surface area contributed by atoms with Crippen molar-refractivity contribution in [3.63, 3.8) is 0 Å². The number of hydrogen-bond donors (Lipinski definition) is 1. The number of oxazole rings is 1. The summed E-state index contributed by atoms with van der Waals surface area (Å²) in [5, 5.41) is 0. The molecule has 0 radical (unpaired) electrons. The van der Waals surface area contributed by atoms with Gasteiger partial charge in [-0.2, -0.15) is 0 Å². The molecule has 0 saturated heterocycles. The lowest BCUT2D eigenvalue weighted by Gasteiger charge is -2.02. The molecular formula is C12H16N2O2. The number of nitrogens with zero attached hydrogens (tertiary/aromatic N) is 1. The molecule has 1 aromatic carbocycles. The Morgan fingerprint density at radius 1 is 1.50 bits per heavy atom. The van der Waals surface area contributed by atoms with Gasteiger partial charge in [-0.1, -0.05) is 13.0 Å². The summed E-state index contributed by atoms with van der Waals surface area (Å²) in [4.78, 5) is 4.45. The zero-order valence-corrected chi connectivity index (χ0v) is 9.56. The minimum Gasteiger partial charge on any atom is -0.494 e. The van der Waals surface area contributed by atoms with E-state index in [1.54, 1.807) is 7.11 Å². The van der Waals surface area contributed by atoms with Crippen molar-refractivity contribution in [3.8, 4) is 5.75 Å². The molecule has 0 saturated carbocycles. The number of fused-ring (bicyclic) bond motifs is 1.